The van der Waals surface area contributed by atoms with Gasteiger partial charge in [0, 0.05) is 54.4 Å². The van der Waals surface area contributed by atoms with Crippen molar-refractivity contribution in [1.29, 1.82) is 0 Å². The number of nitrogens with one attached hydrogen (secondary N) is 1. The van der Waals surface area contributed by atoms with E-state index in [0.29, 0.717) is 39.0 Å². The molecule has 4 aromatic rings. The topological polar surface area (TPSA) is 104 Å². The summed E-state index contributed by atoms with van der Waals surface area (Å²) in [6.07, 6.45) is 12.6. The minimum Gasteiger partial charge on any atom is -0.342 e. The smallest absolute Gasteiger partial charge is 0.238 e. The van der Waals surface area contributed by atoms with Crippen LogP contribution in [0, 0.1) is 0 Å². The molecule has 0 unspecified atom stereocenters. The fraction of sp³-hybridized carbons (Fsp3) is 0.333. The number of amides is 2. The number of piperidine rings is 1. The Morgan fingerprint density at radius 3 is 2.62 bits per heavy atom. The molecule has 0 bridgehead atoms. The van der Waals surface area contributed by atoms with Crippen LogP contribution in [0.3, 0.4) is 0 Å². The molecule has 2 aliphatic heterocycles. The van der Waals surface area contributed by atoms with Crippen LogP contribution in [0.2, 0.25) is 0 Å². The zero-order valence-corrected chi connectivity index (χ0v) is 22.0. The van der Waals surface area contributed by atoms with Crippen LogP contribution in [-0.2, 0) is 21.5 Å². The normalized spacial score (nSPS) is 16.2. The van der Waals surface area contributed by atoms with Gasteiger partial charge in [-0.25, -0.2) is 9.97 Å². The number of hydrogen-bond donors (Lipinski definition) is 1. The Balaban J connectivity index is 1.33. The predicted molar refractivity (Wildman–Crippen MR) is 149 cm³/mol. The Labute approximate surface area is 227 Å². The van der Waals surface area contributed by atoms with Gasteiger partial charge in [-0.3, -0.25) is 19.6 Å². The van der Waals surface area contributed by atoms with E-state index in [4.69, 9.17) is 4.98 Å². The van der Waals surface area contributed by atoms with Gasteiger partial charge >= 0.3 is 0 Å². The van der Waals surface area contributed by atoms with Crippen LogP contribution in [0.15, 0.2) is 67.6 Å². The number of hydrogen-bond acceptors (Lipinski definition) is 7. The van der Waals surface area contributed by atoms with Crippen LogP contribution >= 0.6 is 0 Å². The summed E-state index contributed by atoms with van der Waals surface area (Å²) >= 11 is 0. The molecule has 9 nitrogen and oxygen atoms in total. The zero-order chi connectivity index (χ0) is 26.8. The number of anilines is 1. The van der Waals surface area contributed by atoms with Crippen molar-refractivity contribution in [2.45, 2.75) is 38.1 Å². The quantitative estimate of drug-likeness (QED) is 0.371. The number of nitrogens with zero attached hydrogens (tertiary/aromatic N) is 6. The molecule has 1 N–H and O–H groups in total. The molecule has 1 fully saturated rings. The maximum atomic E-state index is 14.3. The van der Waals surface area contributed by atoms with E-state index in [1.807, 2.05) is 40.3 Å². The van der Waals surface area contributed by atoms with Crippen LogP contribution in [-0.4, -0.2) is 62.8 Å². The molecular formula is C30H31N7O2. The van der Waals surface area contributed by atoms with Crippen molar-refractivity contribution in [3.05, 3.63) is 78.9 Å². The molecule has 1 aromatic carbocycles. The van der Waals surface area contributed by atoms with E-state index < -0.39 is 5.41 Å². The summed E-state index contributed by atoms with van der Waals surface area (Å²) in [7, 11) is 0. The summed E-state index contributed by atoms with van der Waals surface area (Å²) in [6.45, 7) is 4.63. The van der Waals surface area contributed by atoms with Gasteiger partial charge in [-0.05, 0) is 42.8 Å². The second-order valence-electron chi connectivity index (χ2n) is 10.2. The third-order valence-electron chi connectivity index (χ3n) is 7.97. The van der Waals surface area contributed by atoms with Gasteiger partial charge in [0.2, 0.25) is 11.8 Å². The number of pyridine rings is 2. The fourth-order valence-corrected chi connectivity index (χ4v) is 5.98. The van der Waals surface area contributed by atoms with Crippen molar-refractivity contribution in [3.63, 3.8) is 0 Å². The van der Waals surface area contributed by atoms with Crippen LogP contribution in [0.5, 0.6) is 0 Å². The summed E-state index contributed by atoms with van der Waals surface area (Å²) in [5.41, 5.74) is 3.69. The first kappa shape index (κ1) is 25.1. The Hall–Kier alpha value is -4.24. The summed E-state index contributed by atoms with van der Waals surface area (Å²) in [6, 6.07) is 10.0. The van der Waals surface area contributed by atoms with Gasteiger partial charge in [-0.1, -0.05) is 31.2 Å². The highest BCUT2D eigenvalue weighted by atomic mass is 16.2. The molecule has 6 rings (SSSR count). The van der Waals surface area contributed by atoms with Gasteiger partial charge in [-0.15, -0.1) is 0 Å². The number of carbonyl (C=O) groups is 2. The summed E-state index contributed by atoms with van der Waals surface area (Å²) in [5, 5.41) is 5.24. The Morgan fingerprint density at radius 1 is 1.03 bits per heavy atom. The van der Waals surface area contributed by atoms with Gasteiger partial charge in [-0.2, -0.15) is 0 Å². The molecule has 5 heterocycles. The van der Waals surface area contributed by atoms with Crippen molar-refractivity contribution in [2.75, 3.05) is 31.1 Å². The van der Waals surface area contributed by atoms with Gasteiger partial charge in [0.05, 0.1) is 36.1 Å². The second kappa shape index (κ2) is 10.5. The van der Waals surface area contributed by atoms with Gasteiger partial charge < -0.3 is 15.1 Å². The van der Waals surface area contributed by atoms with Crippen LogP contribution in [0.4, 0.5) is 5.69 Å². The van der Waals surface area contributed by atoms with E-state index in [-0.39, 0.29) is 11.8 Å². The maximum absolute atomic E-state index is 14.3. The molecule has 1 spiro atoms. The van der Waals surface area contributed by atoms with Crippen molar-refractivity contribution < 1.29 is 9.59 Å². The molecule has 0 aliphatic carbocycles. The Morgan fingerprint density at radius 2 is 1.82 bits per heavy atom. The summed E-state index contributed by atoms with van der Waals surface area (Å²) < 4.78 is 0. The third-order valence-corrected chi connectivity index (χ3v) is 7.97. The van der Waals surface area contributed by atoms with Crippen LogP contribution in [0.25, 0.3) is 21.9 Å². The highest BCUT2D eigenvalue weighted by molar-refractivity contribution is 6.08. The SMILES string of the molecule is CCCNCC(=O)N1CCC2(CC1)C(=O)N(Cc1ncc3ccccc3c1-c1cncnc1)c1cnccc12. The first-order chi connectivity index (χ1) is 19.1. The number of benzene rings is 1. The lowest BCUT2D eigenvalue weighted by molar-refractivity contribution is -0.134. The highest BCUT2D eigenvalue weighted by Crippen LogP contribution is 2.48. The minimum absolute atomic E-state index is 0.0481. The van der Waals surface area contributed by atoms with E-state index >= 15 is 0 Å². The number of aromatic nitrogens is 4. The summed E-state index contributed by atoms with van der Waals surface area (Å²) in [5.74, 6) is 0.137. The largest absolute Gasteiger partial charge is 0.342 e. The summed E-state index contributed by atoms with van der Waals surface area (Å²) in [4.78, 5) is 48.4. The maximum Gasteiger partial charge on any atom is 0.238 e. The van der Waals surface area contributed by atoms with Gasteiger partial charge in [0.25, 0.3) is 0 Å². The Kier molecular flexibility index (Phi) is 6.74. The van der Waals surface area contributed by atoms with Crippen molar-refractivity contribution >= 4 is 28.3 Å². The number of rotatable bonds is 7. The molecular weight excluding hydrogens is 490 g/mol. The highest BCUT2D eigenvalue weighted by Gasteiger charge is 2.52. The molecule has 3 aromatic heterocycles. The van der Waals surface area contributed by atoms with Crippen LogP contribution < -0.4 is 10.2 Å². The lowest BCUT2D eigenvalue weighted by Gasteiger charge is -2.38. The van der Waals surface area contributed by atoms with Crippen molar-refractivity contribution in [3.8, 4) is 11.1 Å². The number of fused-ring (bicyclic) bond motifs is 3. The molecule has 0 atom stereocenters. The van der Waals surface area contributed by atoms with Gasteiger partial charge in [0.15, 0.2) is 0 Å². The average molecular weight is 522 g/mol. The molecule has 198 valence electrons. The number of carbonyl (C=O) groups excluding carboxylic acids is 2. The molecule has 39 heavy (non-hydrogen) atoms. The second-order valence-corrected chi connectivity index (χ2v) is 10.2. The van der Waals surface area contributed by atoms with Crippen LogP contribution in [0.1, 0.15) is 37.4 Å². The molecule has 0 saturated carbocycles. The van der Waals surface area contributed by atoms with E-state index in [1.54, 1.807) is 24.8 Å². The molecule has 2 amide bonds. The lowest BCUT2D eigenvalue weighted by Crippen LogP contribution is -2.51. The minimum atomic E-state index is -0.668. The fourth-order valence-electron chi connectivity index (χ4n) is 5.98. The van der Waals surface area contributed by atoms with E-state index in [0.717, 1.165) is 51.8 Å². The monoisotopic (exact) mass is 521 g/mol. The standard InChI is InChI=1S/C30H31N7O2/c1-2-10-31-18-27(38)36-12-8-30(9-13-36)24-7-11-32-17-26(24)37(29(30)39)19-25-28(22-14-33-20-34-15-22)23-6-4-3-5-21(23)16-35-25/h3-7,11,14-17,20,31H,2,8-10,12-13,18-19H2,1H3. The molecule has 9 heteroatoms. The van der Waals surface area contributed by atoms with E-state index in [1.165, 1.54) is 6.33 Å². The molecule has 0 radical (unpaired) electrons. The molecule has 1 saturated heterocycles. The van der Waals surface area contributed by atoms with Crippen molar-refractivity contribution in [2.24, 2.45) is 0 Å². The zero-order valence-electron chi connectivity index (χ0n) is 22.0. The van der Waals surface area contributed by atoms with E-state index in [2.05, 4.69) is 33.3 Å². The Bertz CT molecular complexity index is 1520. The predicted octanol–water partition coefficient (Wildman–Crippen LogP) is 3.49. The third kappa shape index (κ3) is 4.42. The first-order valence-electron chi connectivity index (χ1n) is 13.5. The van der Waals surface area contributed by atoms with Crippen molar-refractivity contribution in [1.82, 2.24) is 30.2 Å². The average Bonchev–Trinajstić information content (AvgIpc) is 3.20. The van der Waals surface area contributed by atoms with Gasteiger partial charge in [0.1, 0.15) is 6.33 Å². The van der Waals surface area contributed by atoms with E-state index in [9.17, 15) is 9.59 Å². The lowest BCUT2D eigenvalue weighted by atomic mass is 9.74. The molecule has 2 aliphatic rings. The first-order valence-corrected chi connectivity index (χ1v) is 13.5. The number of likely N-dealkylation sites (tertiary alicyclic amines) is 1.